The number of hydrogen-bond acceptors (Lipinski definition) is 4. The van der Waals surface area contributed by atoms with Crippen molar-refractivity contribution in [2.24, 2.45) is 9.98 Å². The summed E-state index contributed by atoms with van der Waals surface area (Å²) >= 11 is 0. The molecule has 8 heteroatoms. The van der Waals surface area contributed by atoms with E-state index in [4.69, 9.17) is 19.5 Å². The largest absolute Gasteiger partial charge is 0.492 e. The second-order valence-corrected chi connectivity index (χ2v) is 8.19. The van der Waals surface area contributed by atoms with Crippen molar-refractivity contribution in [3.8, 4) is 11.5 Å². The van der Waals surface area contributed by atoms with E-state index in [9.17, 15) is 0 Å². The van der Waals surface area contributed by atoms with Crippen LogP contribution in [0.2, 0.25) is 0 Å². The monoisotopic (exact) mass is 442 g/mol. The minimum absolute atomic E-state index is 0.539. The quantitative estimate of drug-likeness (QED) is 0.500. The second kappa shape index (κ2) is 10.9. The van der Waals surface area contributed by atoms with Crippen LogP contribution in [0.25, 0.3) is 10.8 Å². The Kier molecular flexibility index (Phi) is 8.57. The Morgan fingerprint density at radius 1 is 0.625 bits per heavy atom. The normalized spacial score (nSPS) is 10.4. The van der Waals surface area contributed by atoms with E-state index in [0.29, 0.717) is 24.7 Å². The van der Waals surface area contributed by atoms with E-state index >= 15 is 0 Å². The Morgan fingerprint density at radius 2 is 0.969 bits per heavy atom. The molecule has 0 spiro atoms. The second-order valence-electron chi connectivity index (χ2n) is 8.19. The number of guanidine groups is 2. The fourth-order valence-corrected chi connectivity index (χ4v) is 3.51. The molecule has 0 heterocycles. The number of aliphatic imine (C=N–C) groups is 2. The van der Waals surface area contributed by atoms with Gasteiger partial charge in [0.05, 0.1) is 13.2 Å². The fraction of sp³-hybridized carbons (Fsp3) is 0.500. The topological polar surface area (TPSA) is 56.1 Å². The van der Waals surface area contributed by atoms with Gasteiger partial charge in [0.15, 0.2) is 0 Å². The average molecular weight is 443 g/mol. The summed E-state index contributed by atoms with van der Waals surface area (Å²) in [6.07, 6.45) is 0. The molecule has 0 amide bonds. The van der Waals surface area contributed by atoms with E-state index in [-0.39, 0.29) is 0 Å². The van der Waals surface area contributed by atoms with E-state index in [0.717, 1.165) is 34.1 Å². The lowest BCUT2D eigenvalue weighted by Crippen LogP contribution is -2.35. The summed E-state index contributed by atoms with van der Waals surface area (Å²) in [6.45, 7) is 5.03. The van der Waals surface area contributed by atoms with Crippen molar-refractivity contribution in [3.63, 3.8) is 0 Å². The van der Waals surface area contributed by atoms with Crippen LogP contribution in [0.3, 0.4) is 0 Å². The first-order valence-electron chi connectivity index (χ1n) is 10.8. The summed E-state index contributed by atoms with van der Waals surface area (Å²) in [5.74, 6) is 3.02. The van der Waals surface area contributed by atoms with Crippen LogP contribution < -0.4 is 9.47 Å². The van der Waals surface area contributed by atoms with Crippen LogP contribution in [-0.2, 0) is 0 Å². The predicted octanol–water partition coefficient (Wildman–Crippen LogP) is 3.86. The van der Waals surface area contributed by atoms with Crippen LogP contribution in [0.1, 0.15) is 13.8 Å². The zero-order valence-electron chi connectivity index (χ0n) is 21.2. The van der Waals surface area contributed by atoms with Crippen molar-refractivity contribution in [2.45, 2.75) is 13.8 Å². The molecule has 2 aromatic carbocycles. The van der Waals surface area contributed by atoms with Crippen LogP contribution in [0, 0.1) is 0 Å². The van der Waals surface area contributed by atoms with Crippen LogP contribution in [0.4, 0.5) is 11.4 Å². The van der Waals surface area contributed by atoms with E-state index < -0.39 is 0 Å². The van der Waals surface area contributed by atoms with Gasteiger partial charge in [0.2, 0.25) is 11.9 Å². The Balaban J connectivity index is 3.05. The molecular weight excluding hydrogens is 404 g/mol. The zero-order chi connectivity index (χ0) is 24.0. The molecule has 0 atom stereocenters. The molecule has 0 saturated carbocycles. The number of hydrogen-bond donors (Lipinski definition) is 0. The van der Waals surface area contributed by atoms with Crippen LogP contribution >= 0.6 is 0 Å². The summed E-state index contributed by atoms with van der Waals surface area (Å²) < 4.78 is 12.0. The summed E-state index contributed by atoms with van der Waals surface area (Å²) in [6, 6.07) is 8.04. The summed E-state index contributed by atoms with van der Waals surface area (Å²) in [5, 5.41) is 1.91. The van der Waals surface area contributed by atoms with Gasteiger partial charge in [0.25, 0.3) is 0 Å². The van der Waals surface area contributed by atoms with Crippen LogP contribution in [0.15, 0.2) is 34.3 Å². The highest BCUT2D eigenvalue weighted by Crippen LogP contribution is 2.46. The first kappa shape index (κ1) is 25.1. The molecule has 2 rings (SSSR count). The lowest BCUT2D eigenvalue weighted by molar-refractivity contribution is 0.340. The van der Waals surface area contributed by atoms with Gasteiger partial charge in [-0.25, -0.2) is 9.98 Å². The number of rotatable bonds is 6. The third kappa shape index (κ3) is 5.55. The third-order valence-electron chi connectivity index (χ3n) is 4.68. The summed E-state index contributed by atoms with van der Waals surface area (Å²) in [7, 11) is 15.8. The van der Waals surface area contributed by atoms with E-state index in [1.807, 2.05) is 114 Å². The average Bonchev–Trinajstić information content (AvgIpc) is 2.71. The first-order valence-corrected chi connectivity index (χ1v) is 10.8. The molecule has 0 N–H and O–H groups in total. The maximum absolute atomic E-state index is 6.01. The Bertz CT molecular complexity index is 885. The molecular formula is C24H38N6O2. The zero-order valence-corrected chi connectivity index (χ0v) is 21.2. The lowest BCUT2D eigenvalue weighted by Gasteiger charge is -2.25. The van der Waals surface area contributed by atoms with Crippen molar-refractivity contribution in [1.82, 2.24) is 19.6 Å². The SMILES string of the molecule is CCOc1ccc2ccc(OCC)c(N=C(N(C)C)N(C)C)c2c1N=C(N(C)C)N(C)C. The lowest BCUT2D eigenvalue weighted by atomic mass is 10.0. The summed E-state index contributed by atoms with van der Waals surface area (Å²) in [4.78, 5) is 18.0. The molecule has 0 bridgehead atoms. The van der Waals surface area contributed by atoms with Gasteiger partial charge >= 0.3 is 0 Å². The minimum atomic E-state index is 0.539. The van der Waals surface area contributed by atoms with E-state index in [1.54, 1.807) is 0 Å². The summed E-state index contributed by atoms with van der Waals surface area (Å²) in [5.41, 5.74) is 1.47. The van der Waals surface area contributed by atoms with E-state index in [1.165, 1.54) is 0 Å². The van der Waals surface area contributed by atoms with Crippen molar-refractivity contribution in [1.29, 1.82) is 0 Å². The maximum Gasteiger partial charge on any atom is 0.200 e. The van der Waals surface area contributed by atoms with Gasteiger partial charge in [-0.15, -0.1) is 0 Å². The van der Waals surface area contributed by atoms with E-state index in [2.05, 4.69) is 0 Å². The molecule has 0 unspecified atom stereocenters. The molecule has 0 aromatic heterocycles. The van der Waals surface area contributed by atoms with Crippen molar-refractivity contribution >= 4 is 34.1 Å². The van der Waals surface area contributed by atoms with Gasteiger partial charge in [-0.1, -0.05) is 12.1 Å². The molecule has 2 aromatic rings. The van der Waals surface area contributed by atoms with Gasteiger partial charge < -0.3 is 29.1 Å². The highest BCUT2D eigenvalue weighted by atomic mass is 16.5. The van der Waals surface area contributed by atoms with Gasteiger partial charge in [0.1, 0.15) is 22.9 Å². The van der Waals surface area contributed by atoms with Crippen molar-refractivity contribution in [3.05, 3.63) is 24.3 Å². The van der Waals surface area contributed by atoms with Crippen molar-refractivity contribution < 1.29 is 9.47 Å². The number of fused-ring (bicyclic) bond motifs is 1. The number of nitrogens with zero attached hydrogens (tertiary/aromatic N) is 6. The highest BCUT2D eigenvalue weighted by molar-refractivity contribution is 6.08. The fourth-order valence-electron chi connectivity index (χ4n) is 3.51. The predicted molar refractivity (Wildman–Crippen MR) is 135 cm³/mol. The standard InChI is InChI=1S/C24H38N6O2/c1-11-31-18-15-13-17-14-16-19(32-12-2)22(26-24(29(7)8)30(9)10)20(17)21(18)25-23(27(3)4)28(5)6/h13-16H,11-12H2,1-10H3. The number of benzene rings is 2. The molecule has 8 nitrogen and oxygen atoms in total. The Morgan fingerprint density at radius 3 is 1.25 bits per heavy atom. The highest BCUT2D eigenvalue weighted by Gasteiger charge is 2.19. The molecule has 0 saturated heterocycles. The Hall–Kier alpha value is -3.16. The molecule has 32 heavy (non-hydrogen) atoms. The molecule has 0 aliphatic rings. The number of ether oxygens (including phenoxy) is 2. The maximum atomic E-state index is 6.01. The minimum Gasteiger partial charge on any atom is -0.492 e. The van der Waals surface area contributed by atoms with Crippen LogP contribution in [-0.4, -0.2) is 101 Å². The van der Waals surface area contributed by atoms with Gasteiger partial charge in [-0.05, 0) is 31.4 Å². The molecule has 0 aliphatic carbocycles. The smallest absolute Gasteiger partial charge is 0.200 e. The van der Waals surface area contributed by atoms with Gasteiger partial charge in [-0.3, -0.25) is 0 Å². The van der Waals surface area contributed by atoms with Gasteiger partial charge in [0, 0.05) is 61.8 Å². The van der Waals surface area contributed by atoms with Crippen molar-refractivity contribution in [2.75, 3.05) is 69.6 Å². The Labute approximate surface area is 192 Å². The third-order valence-corrected chi connectivity index (χ3v) is 4.68. The first-order chi connectivity index (χ1) is 15.1. The molecule has 0 fully saturated rings. The molecule has 176 valence electrons. The van der Waals surface area contributed by atoms with Crippen LogP contribution in [0.5, 0.6) is 11.5 Å². The molecule has 0 radical (unpaired) electrons. The van der Waals surface area contributed by atoms with Gasteiger partial charge in [-0.2, -0.15) is 0 Å². The molecule has 0 aliphatic heterocycles.